The summed E-state index contributed by atoms with van der Waals surface area (Å²) in [7, 11) is -2.23. The lowest BCUT2D eigenvalue weighted by Gasteiger charge is -2.09. The Morgan fingerprint density at radius 1 is 0.875 bits per heavy atom. The summed E-state index contributed by atoms with van der Waals surface area (Å²) >= 11 is 0. The number of rotatable bonds is 9. The van der Waals surface area contributed by atoms with Crippen LogP contribution in [0, 0.1) is 0 Å². The second-order valence-electron chi connectivity index (χ2n) is 6.70. The zero-order valence-electron chi connectivity index (χ0n) is 17.3. The highest BCUT2D eigenvalue weighted by molar-refractivity contribution is 7.92. The lowest BCUT2D eigenvalue weighted by molar-refractivity contribution is -0.124. The highest BCUT2D eigenvalue weighted by atomic mass is 32.2. The monoisotopic (exact) mass is 454 g/mol. The molecule has 0 heterocycles. The van der Waals surface area contributed by atoms with Crippen molar-refractivity contribution in [2.75, 3.05) is 18.4 Å². The molecule has 2 N–H and O–H groups in total. The van der Waals surface area contributed by atoms with Crippen molar-refractivity contribution in [1.29, 1.82) is 0 Å². The van der Waals surface area contributed by atoms with Gasteiger partial charge in [0.05, 0.1) is 17.6 Å². The van der Waals surface area contributed by atoms with Crippen molar-refractivity contribution in [3.63, 3.8) is 0 Å². The Morgan fingerprint density at radius 3 is 2.16 bits per heavy atom. The molecule has 0 radical (unpaired) electrons. The number of ether oxygens (including phenoxy) is 2. The van der Waals surface area contributed by atoms with Crippen molar-refractivity contribution in [3.8, 4) is 5.75 Å². The number of hydrogen-bond donors (Lipinski definition) is 2. The fourth-order valence-corrected chi connectivity index (χ4v) is 3.76. The molecule has 0 saturated carbocycles. The van der Waals surface area contributed by atoms with E-state index in [0.717, 1.165) is 5.56 Å². The Hall–Kier alpha value is -3.85. The highest BCUT2D eigenvalue weighted by Crippen LogP contribution is 2.17. The summed E-state index contributed by atoms with van der Waals surface area (Å²) in [6.45, 7) is -0.175. The first-order chi connectivity index (χ1) is 15.4. The Kier molecular flexibility index (Phi) is 7.45. The molecule has 0 aliphatic rings. The molecule has 0 bridgehead atoms. The van der Waals surface area contributed by atoms with Gasteiger partial charge in [-0.15, -0.1) is 0 Å². The van der Waals surface area contributed by atoms with Crippen LogP contribution in [0.5, 0.6) is 5.75 Å². The molecule has 0 fully saturated rings. The van der Waals surface area contributed by atoms with E-state index >= 15 is 0 Å². The first-order valence-electron chi connectivity index (χ1n) is 9.62. The van der Waals surface area contributed by atoms with Crippen LogP contribution in [0.4, 0.5) is 5.69 Å². The summed E-state index contributed by atoms with van der Waals surface area (Å²) in [6, 6.07) is 20.9. The Bertz CT molecular complexity index is 1160. The van der Waals surface area contributed by atoms with Gasteiger partial charge in [0.2, 0.25) is 0 Å². The molecule has 3 aromatic rings. The maximum absolute atomic E-state index is 12.4. The number of para-hydroxylation sites is 1. The molecule has 0 unspecified atom stereocenters. The topological polar surface area (TPSA) is 111 Å². The maximum Gasteiger partial charge on any atom is 0.338 e. The van der Waals surface area contributed by atoms with Gasteiger partial charge < -0.3 is 14.8 Å². The van der Waals surface area contributed by atoms with Crippen LogP contribution < -0.4 is 14.8 Å². The van der Waals surface area contributed by atoms with Crippen LogP contribution in [0.15, 0.2) is 83.8 Å². The molecule has 8 nitrogen and oxygen atoms in total. The number of sulfonamides is 1. The molecule has 32 heavy (non-hydrogen) atoms. The molecule has 0 saturated heterocycles. The van der Waals surface area contributed by atoms with Crippen LogP contribution in [0.25, 0.3) is 0 Å². The molecular formula is C23H22N2O6S. The number of nitrogens with one attached hydrogen (secondary N) is 2. The van der Waals surface area contributed by atoms with E-state index in [9.17, 15) is 18.0 Å². The van der Waals surface area contributed by atoms with E-state index in [1.165, 1.54) is 24.3 Å². The zero-order chi connectivity index (χ0) is 23.0. The first kappa shape index (κ1) is 22.8. The Balaban J connectivity index is 1.50. The number of amides is 1. The number of carbonyl (C=O) groups is 2. The smallest absolute Gasteiger partial charge is 0.338 e. The SMILES string of the molecule is COc1ccc(CNC(=O)COC(=O)c2ccc(S(=O)(=O)Nc3ccccc3)cc2)cc1. The molecule has 3 aromatic carbocycles. The van der Waals surface area contributed by atoms with Crippen LogP contribution in [0.1, 0.15) is 15.9 Å². The van der Waals surface area contributed by atoms with Crippen molar-refractivity contribution in [2.45, 2.75) is 11.4 Å². The van der Waals surface area contributed by atoms with Crippen molar-refractivity contribution in [2.24, 2.45) is 0 Å². The van der Waals surface area contributed by atoms with Crippen molar-refractivity contribution in [3.05, 3.63) is 90.0 Å². The van der Waals surface area contributed by atoms with Gasteiger partial charge in [-0.25, -0.2) is 13.2 Å². The molecule has 0 spiro atoms. The second-order valence-corrected chi connectivity index (χ2v) is 8.38. The van der Waals surface area contributed by atoms with Gasteiger partial charge in [0.15, 0.2) is 6.61 Å². The molecule has 166 valence electrons. The van der Waals surface area contributed by atoms with Gasteiger partial charge >= 0.3 is 5.97 Å². The van der Waals surface area contributed by atoms with Crippen molar-refractivity contribution >= 4 is 27.6 Å². The maximum atomic E-state index is 12.4. The molecule has 0 aliphatic heterocycles. The van der Waals surface area contributed by atoms with Gasteiger partial charge in [-0.3, -0.25) is 9.52 Å². The second kappa shape index (κ2) is 10.5. The van der Waals surface area contributed by atoms with Gasteiger partial charge in [-0.1, -0.05) is 30.3 Å². The van der Waals surface area contributed by atoms with Gasteiger partial charge in [-0.05, 0) is 54.1 Å². The van der Waals surface area contributed by atoms with E-state index in [4.69, 9.17) is 9.47 Å². The van der Waals surface area contributed by atoms with Crippen LogP contribution in [0.2, 0.25) is 0 Å². The molecule has 0 aromatic heterocycles. The minimum atomic E-state index is -3.79. The summed E-state index contributed by atoms with van der Waals surface area (Å²) in [5.41, 5.74) is 1.43. The molecule has 1 amide bonds. The minimum absolute atomic E-state index is 0.00450. The van der Waals surface area contributed by atoms with E-state index in [0.29, 0.717) is 11.4 Å². The third-order valence-corrected chi connectivity index (χ3v) is 5.81. The lowest BCUT2D eigenvalue weighted by Crippen LogP contribution is -2.28. The highest BCUT2D eigenvalue weighted by Gasteiger charge is 2.16. The average Bonchev–Trinajstić information content (AvgIpc) is 2.82. The van der Waals surface area contributed by atoms with Gasteiger partial charge in [0.1, 0.15) is 5.75 Å². The predicted molar refractivity (Wildman–Crippen MR) is 119 cm³/mol. The van der Waals surface area contributed by atoms with E-state index in [-0.39, 0.29) is 17.0 Å². The Labute approximate surface area is 186 Å². The third kappa shape index (κ3) is 6.32. The quantitative estimate of drug-likeness (QED) is 0.481. The number of anilines is 1. The van der Waals surface area contributed by atoms with E-state index in [1.807, 2.05) is 12.1 Å². The number of esters is 1. The fourth-order valence-electron chi connectivity index (χ4n) is 2.70. The number of methoxy groups -OCH3 is 1. The van der Waals surface area contributed by atoms with Gasteiger partial charge in [-0.2, -0.15) is 0 Å². The largest absolute Gasteiger partial charge is 0.497 e. The lowest BCUT2D eigenvalue weighted by atomic mass is 10.2. The van der Waals surface area contributed by atoms with Crippen molar-refractivity contribution in [1.82, 2.24) is 5.32 Å². The average molecular weight is 455 g/mol. The first-order valence-corrected chi connectivity index (χ1v) is 11.1. The van der Waals surface area contributed by atoms with E-state index in [1.54, 1.807) is 49.6 Å². The fraction of sp³-hybridized carbons (Fsp3) is 0.130. The van der Waals surface area contributed by atoms with Crippen LogP contribution in [0.3, 0.4) is 0 Å². The van der Waals surface area contributed by atoms with E-state index in [2.05, 4.69) is 10.0 Å². The van der Waals surface area contributed by atoms with Crippen LogP contribution >= 0.6 is 0 Å². The summed E-state index contributed by atoms with van der Waals surface area (Å²) in [4.78, 5) is 24.1. The summed E-state index contributed by atoms with van der Waals surface area (Å²) in [6.07, 6.45) is 0. The zero-order valence-corrected chi connectivity index (χ0v) is 18.1. The van der Waals surface area contributed by atoms with Crippen molar-refractivity contribution < 1.29 is 27.5 Å². The predicted octanol–water partition coefficient (Wildman–Crippen LogP) is 2.97. The van der Waals surface area contributed by atoms with Gasteiger partial charge in [0.25, 0.3) is 15.9 Å². The van der Waals surface area contributed by atoms with E-state index < -0.39 is 28.5 Å². The normalized spacial score (nSPS) is 10.8. The molecule has 0 atom stereocenters. The molecule has 0 aliphatic carbocycles. The molecule has 3 rings (SSSR count). The summed E-state index contributed by atoms with van der Waals surface area (Å²) in [5.74, 6) is -0.478. The number of carbonyl (C=O) groups excluding carboxylic acids is 2. The minimum Gasteiger partial charge on any atom is -0.497 e. The van der Waals surface area contributed by atoms with Crippen LogP contribution in [-0.2, 0) is 26.1 Å². The Morgan fingerprint density at radius 2 is 1.53 bits per heavy atom. The third-order valence-electron chi connectivity index (χ3n) is 4.41. The standard InChI is InChI=1S/C23H22N2O6S/c1-30-20-11-7-17(8-12-20)15-24-22(26)16-31-23(27)18-9-13-21(14-10-18)32(28,29)25-19-5-3-2-4-6-19/h2-14,25H,15-16H2,1H3,(H,24,26). The van der Waals surface area contributed by atoms with Crippen LogP contribution in [-0.4, -0.2) is 34.0 Å². The summed E-state index contributed by atoms with van der Waals surface area (Å²) < 4.78 is 37.4. The van der Waals surface area contributed by atoms with Gasteiger partial charge in [0, 0.05) is 12.2 Å². The summed E-state index contributed by atoms with van der Waals surface area (Å²) in [5, 5.41) is 2.65. The molecule has 9 heteroatoms. The molecular weight excluding hydrogens is 432 g/mol. The number of benzene rings is 3. The number of hydrogen-bond acceptors (Lipinski definition) is 6.